The van der Waals surface area contributed by atoms with E-state index in [2.05, 4.69) is 10.1 Å². The summed E-state index contributed by atoms with van der Waals surface area (Å²) in [6.07, 6.45) is 0. The van der Waals surface area contributed by atoms with Crippen LogP contribution in [0.5, 0.6) is 0 Å². The van der Waals surface area contributed by atoms with Gasteiger partial charge in [-0.2, -0.15) is 0 Å². The molecule has 2 aromatic carbocycles. The van der Waals surface area contributed by atoms with Crippen LogP contribution in [0, 0.1) is 0 Å². The molecule has 0 radical (unpaired) electrons. The Kier molecular flexibility index (Phi) is 4.88. The molecular weight excluding hydrogens is 297 g/mol. The van der Waals surface area contributed by atoms with Crippen molar-refractivity contribution in [2.45, 2.75) is 6.54 Å². The predicted molar refractivity (Wildman–Crippen MR) is 81.6 cm³/mol. The van der Waals surface area contributed by atoms with E-state index in [-0.39, 0.29) is 0 Å². The zero-order chi connectivity index (χ0) is 14.5. The zero-order valence-corrected chi connectivity index (χ0v) is 12.3. The Morgan fingerprint density at radius 3 is 2.70 bits per heavy atom. The van der Waals surface area contributed by atoms with E-state index >= 15 is 0 Å². The number of anilines is 1. The molecule has 0 bridgehead atoms. The molecular formula is C15H13Cl2NO2. The molecule has 0 aromatic heterocycles. The molecule has 0 fully saturated rings. The van der Waals surface area contributed by atoms with Crippen LogP contribution in [0.4, 0.5) is 5.69 Å². The summed E-state index contributed by atoms with van der Waals surface area (Å²) < 4.78 is 4.68. The summed E-state index contributed by atoms with van der Waals surface area (Å²) in [4.78, 5) is 11.5. The monoisotopic (exact) mass is 309 g/mol. The van der Waals surface area contributed by atoms with Crippen molar-refractivity contribution >= 4 is 34.9 Å². The van der Waals surface area contributed by atoms with Gasteiger partial charge in [-0.1, -0.05) is 35.3 Å². The zero-order valence-electron chi connectivity index (χ0n) is 10.8. The van der Waals surface area contributed by atoms with Gasteiger partial charge in [0.1, 0.15) is 0 Å². The van der Waals surface area contributed by atoms with Gasteiger partial charge in [0, 0.05) is 11.6 Å². The smallest absolute Gasteiger partial charge is 0.337 e. The number of carbonyl (C=O) groups is 1. The van der Waals surface area contributed by atoms with Gasteiger partial charge in [0.25, 0.3) is 0 Å². The predicted octanol–water partition coefficient (Wildman–Crippen LogP) is 4.39. The van der Waals surface area contributed by atoms with Crippen LogP contribution in [0.2, 0.25) is 10.0 Å². The highest BCUT2D eigenvalue weighted by atomic mass is 35.5. The van der Waals surface area contributed by atoms with Gasteiger partial charge in [-0.3, -0.25) is 0 Å². The highest BCUT2D eigenvalue weighted by Gasteiger charge is 2.08. The minimum atomic E-state index is -0.396. The Labute approximate surface area is 127 Å². The Balaban J connectivity index is 2.14. The molecule has 3 nitrogen and oxygen atoms in total. The number of benzene rings is 2. The SMILES string of the molecule is COC(=O)c1ccc(Cl)c(NCc2cccc(Cl)c2)c1. The van der Waals surface area contributed by atoms with E-state index in [4.69, 9.17) is 23.2 Å². The molecule has 104 valence electrons. The molecule has 0 atom stereocenters. The number of methoxy groups -OCH3 is 1. The fraction of sp³-hybridized carbons (Fsp3) is 0.133. The number of ether oxygens (including phenoxy) is 1. The summed E-state index contributed by atoms with van der Waals surface area (Å²) in [7, 11) is 1.34. The van der Waals surface area contributed by atoms with Crippen molar-refractivity contribution in [3.8, 4) is 0 Å². The second-order valence-corrected chi connectivity index (χ2v) is 5.01. The first-order chi connectivity index (χ1) is 9.60. The Morgan fingerprint density at radius 1 is 1.20 bits per heavy atom. The van der Waals surface area contributed by atoms with Crippen LogP contribution < -0.4 is 5.32 Å². The molecule has 0 aliphatic carbocycles. The number of esters is 1. The van der Waals surface area contributed by atoms with Crippen molar-refractivity contribution in [3.05, 3.63) is 63.6 Å². The summed E-state index contributed by atoms with van der Waals surface area (Å²) in [5.74, 6) is -0.396. The van der Waals surface area contributed by atoms with Crippen LogP contribution in [-0.4, -0.2) is 13.1 Å². The normalized spacial score (nSPS) is 10.2. The molecule has 0 saturated heterocycles. The molecule has 0 spiro atoms. The first-order valence-corrected chi connectivity index (χ1v) is 6.72. The minimum absolute atomic E-state index is 0.396. The van der Waals surface area contributed by atoms with Gasteiger partial charge < -0.3 is 10.1 Å². The Hall–Kier alpha value is -1.71. The van der Waals surface area contributed by atoms with Crippen molar-refractivity contribution in [1.29, 1.82) is 0 Å². The molecule has 1 N–H and O–H groups in total. The number of nitrogens with one attached hydrogen (secondary N) is 1. The number of carbonyl (C=O) groups excluding carboxylic acids is 1. The summed E-state index contributed by atoms with van der Waals surface area (Å²) in [6, 6.07) is 12.5. The average molecular weight is 310 g/mol. The maximum atomic E-state index is 11.5. The molecule has 2 aromatic rings. The number of hydrogen-bond acceptors (Lipinski definition) is 3. The lowest BCUT2D eigenvalue weighted by Gasteiger charge is -2.10. The topological polar surface area (TPSA) is 38.3 Å². The fourth-order valence-electron chi connectivity index (χ4n) is 1.75. The van der Waals surface area contributed by atoms with Crippen LogP contribution in [0.15, 0.2) is 42.5 Å². The van der Waals surface area contributed by atoms with E-state index in [9.17, 15) is 4.79 Å². The molecule has 0 aliphatic heterocycles. The van der Waals surface area contributed by atoms with Gasteiger partial charge >= 0.3 is 5.97 Å². The second-order valence-electron chi connectivity index (χ2n) is 4.17. The fourth-order valence-corrected chi connectivity index (χ4v) is 2.15. The largest absolute Gasteiger partial charge is 0.465 e. The Bertz CT molecular complexity index is 629. The minimum Gasteiger partial charge on any atom is -0.465 e. The van der Waals surface area contributed by atoms with Gasteiger partial charge in [-0.15, -0.1) is 0 Å². The molecule has 0 aliphatic rings. The third kappa shape index (κ3) is 3.65. The first-order valence-electron chi connectivity index (χ1n) is 5.96. The maximum Gasteiger partial charge on any atom is 0.337 e. The van der Waals surface area contributed by atoms with E-state index in [0.717, 1.165) is 5.56 Å². The van der Waals surface area contributed by atoms with Gasteiger partial charge in [0.05, 0.1) is 23.4 Å². The van der Waals surface area contributed by atoms with Gasteiger partial charge in [-0.05, 0) is 35.9 Å². The molecule has 0 saturated carbocycles. The lowest BCUT2D eigenvalue weighted by atomic mass is 10.2. The van der Waals surface area contributed by atoms with Crippen LogP contribution in [-0.2, 0) is 11.3 Å². The quantitative estimate of drug-likeness (QED) is 0.851. The molecule has 0 unspecified atom stereocenters. The maximum absolute atomic E-state index is 11.5. The van der Waals surface area contributed by atoms with Crippen molar-refractivity contribution in [2.75, 3.05) is 12.4 Å². The average Bonchev–Trinajstić information content (AvgIpc) is 2.45. The Morgan fingerprint density at radius 2 is 2.00 bits per heavy atom. The molecule has 2 rings (SSSR count). The van der Waals surface area contributed by atoms with E-state index < -0.39 is 5.97 Å². The van der Waals surface area contributed by atoms with Crippen LogP contribution >= 0.6 is 23.2 Å². The molecule has 20 heavy (non-hydrogen) atoms. The van der Waals surface area contributed by atoms with E-state index in [1.807, 2.05) is 24.3 Å². The van der Waals surface area contributed by atoms with Crippen molar-refractivity contribution in [2.24, 2.45) is 0 Å². The van der Waals surface area contributed by atoms with Gasteiger partial charge in [0.2, 0.25) is 0 Å². The molecule has 5 heteroatoms. The standard InChI is InChI=1S/C15H13Cl2NO2/c1-20-15(19)11-5-6-13(17)14(8-11)18-9-10-3-2-4-12(16)7-10/h2-8,18H,9H2,1H3. The van der Waals surface area contributed by atoms with Crippen LogP contribution in [0.3, 0.4) is 0 Å². The summed E-state index contributed by atoms with van der Waals surface area (Å²) in [5, 5.41) is 4.40. The summed E-state index contributed by atoms with van der Waals surface area (Å²) in [6.45, 7) is 0.560. The van der Waals surface area contributed by atoms with Crippen molar-refractivity contribution < 1.29 is 9.53 Å². The van der Waals surface area contributed by atoms with Crippen LogP contribution in [0.1, 0.15) is 15.9 Å². The molecule has 0 amide bonds. The van der Waals surface area contributed by atoms with E-state index in [1.165, 1.54) is 7.11 Å². The van der Waals surface area contributed by atoms with Crippen molar-refractivity contribution in [1.82, 2.24) is 0 Å². The summed E-state index contributed by atoms with van der Waals surface area (Å²) >= 11 is 12.0. The highest BCUT2D eigenvalue weighted by Crippen LogP contribution is 2.24. The number of halogens is 2. The van der Waals surface area contributed by atoms with Gasteiger partial charge in [0.15, 0.2) is 0 Å². The lowest BCUT2D eigenvalue weighted by Crippen LogP contribution is -2.04. The number of rotatable bonds is 4. The third-order valence-corrected chi connectivity index (χ3v) is 3.32. The summed E-state index contributed by atoms with van der Waals surface area (Å²) in [5.41, 5.74) is 2.15. The van der Waals surface area contributed by atoms with Crippen molar-refractivity contribution in [3.63, 3.8) is 0 Å². The first kappa shape index (κ1) is 14.7. The van der Waals surface area contributed by atoms with Crippen LogP contribution in [0.25, 0.3) is 0 Å². The molecule has 0 heterocycles. The van der Waals surface area contributed by atoms with E-state index in [1.54, 1.807) is 18.2 Å². The van der Waals surface area contributed by atoms with E-state index in [0.29, 0.717) is 27.8 Å². The second kappa shape index (κ2) is 6.64. The highest BCUT2D eigenvalue weighted by molar-refractivity contribution is 6.33. The number of hydrogen-bond donors (Lipinski definition) is 1. The third-order valence-electron chi connectivity index (χ3n) is 2.76. The van der Waals surface area contributed by atoms with Gasteiger partial charge in [-0.25, -0.2) is 4.79 Å². The lowest BCUT2D eigenvalue weighted by molar-refractivity contribution is 0.0601.